The van der Waals surface area contributed by atoms with E-state index in [9.17, 15) is 0 Å². The maximum atomic E-state index is 6.07. The summed E-state index contributed by atoms with van der Waals surface area (Å²) in [6.07, 6.45) is 5.33. The van der Waals surface area contributed by atoms with Gasteiger partial charge in [0.15, 0.2) is 5.15 Å². The lowest BCUT2D eigenvalue weighted by Gasteiger charge is -2.24. The molecule has 17 heavy (non-hydrogen) atoms. The Morgan fingerprint density at radius 2 is 2.35 bits per heavy atom. The maximum absolute atomic E-state index is 6.07. The van der Waals surface area contributed by atoms with Crippen LogP contribution in [0.2, 0.25) is 5.15 Å². The SMILES string of the molecule is Clc1ncccc1NC1CCCc2sccc21. The highest BCUT2D eigenvalue weighted by Gasteiger charge is 2.21. The number of aryl methyl sites for hydroxylation is 1. The Labute approximate surface area is 110 Å². The number of nitrogens with one attached hydrogen (secondary N) is 1. The van der Waals surface area contributed by atoms with Crippen molar-refractivity contribution in [1.82, 2.24) is 4.98 Å². The minimum atomic E-state index is 0.381. The van der Waals surface area contributed by atoms with Crippen LogP contribution < -0.4 is 5.32 Å². The van der Waals surface area contributed by atoms with E-state index in [1.165, 1.54) is 23.3 Å². The predicted molar refractivity (Wildman–Crippen MR) is 72.9 cm³/mol. The van der Waals surface area contributed by atoms with Crippen LogP contribution in [0.4, 0.5) is 5.69 Å². The zero-order valence-electron chi connectivity index (χ0n) is 9.32. The second-order valence-electron chi connectivity index (χ2n) is 4.23. The zero-order chi connectivity index (χ0) is 11.7. The molecule has 2 aromatic heterocycles. The molecule has 0 aliphatic heterocycles. The highest BCUT2D eigenvalue weighted by atomic mass is 35.5. The molecule has 1 aliphatic rings. The van der Waals surface area contributed by atoms with Crippen molar-refractivity contribution in [1.29, 1.82) is 0 Å². The van der Waals surface area contributed by atoms with Gasteiger partial charge in [0.25, 0.3) is 0 Å². The fourth-order valence-corrected chi connectivity index (χ4v) is 3.48. The van der Waals surface area contributed by atoms with Gasteiger partial charge >= 0.3 is 0 Å². The first-order valence-electron chi connectivity index (χ1n) is 5.78. The lowest BCUT2D eigenvalue weighted by atomic mass is 9.94. The topological polar surface area (TPSA) is 24.9 Å². The summed E-state index contributed by atoms with van der Waals surface area (Å²) in [5.74, 6) is 0. The van der Waals surface area contributed by atoms with E-state index in [1.807, 2.05) is 23.5 Å². The summed E-state index contributed by atoms with van der Waals surface area (Å²) in [7, 11) is 0. The van der Waals surface area contributed by atoms with E-state index in [-0.39, 0.29) is 0 Å². The van der Waals surface area contributed by atoms with E-state index in [0.717, 1.165) is 12.1 Å². The van der Waals surface area contributed by atoms with Crippen molar-refractivity contribution in [2.24, 2.45) is 0 Å². The standard InChI is InChI=1S/C13H13ClN2S/c14-13-11(4-2-7-15-13)16-10-3-1-5-12-9(10)6-8-17-12/h2,4,6-8,10,16H,1,3,5H2. The zero-order valence-corrected chi connectivity index (χ0v) is 10.9. The Bertz CT molecular complexity index is 524. The number of rotatable bonds is 2. The molecule has 0 spiro atoms. The van der Waals surface area contributed by atoms with Crippen LogP contribution in [0, 0.1) is 0 Å². The average molecular weight is 265 g/mol. The number of halogens is 1. The lowest BCUT2D eigenvalue weighted by molar-refractivity contribution is 0.608. The van der Waals surface area contributed by atoms with Gasteiger partial charge in [-0.2, -0.15) is 0 Å². The first-order chi connectivity index (χ1) is 8.34. The summed E-state index contributed by atoms with van der Waals surface area (Å²) in [5, 5.41) is 6.23. The molecule has 0 radical (unpaired) electrons. The summed E-state index contributed by atoms with van der Waals surface area (Å²) < 4.78 is 0. The Kier molecular flexibility index (Phi) is 3.04. The molecule has 0 saturated heterocycles. The maximum Gasteiger partial charge on any atom is 0.152 e. The average Bonchev–Trinajstić information content (AvgIpc) is 2.81. The molecule has 0 amide bonds. The Balaban J connectivity index is 1.86. The number of nitrogens with zero attached hydrogens (tertiary/aromatic N) is 1. The van der Waals surface area contributed by atoms with E-state index in [4.69, 9.17) is 11.6 Å². The minimum absolute atomic E-state index is 0.381. The number of hydrogen-bond donors (Lipinski definition) is 1. The first-order valence-corrected chi connectivity index (χ1v) is 7.03. The van der Waals surface area contributed by atoms with Crippen molar-refractivity contribution < 1.29 is 0 Å². The van der Waals surface area contributed by atoms with Crippen LogP contribution in [-0.4, -0.2) is 4.98 Å². The highest BCUT2D eigenvalue weighted by Crippen LogP contribution is 2.36. The van der Waals surface area contributed by atoms with Crippen molar-refractivity contribution in [2.45, 2.75) is 25.3 Å². The van der Waals surface area contributed by atoms with Gasteiger partial charge < -0.3 is 5.32 Å². The van der Waals surface area contributed by atoms with Gasteiger partial charge in [0, 0.05) is 11.1 Å². The van der Waals surface area contributed by atoms with Gasteiger partial charge in [-0.15, -0.1) is 11.3 Å². The number of hydrogen-bond acceptors (Lipinski definition) is 3. The van der Waals surface area contributed by atoms with Crippen molar-refractivity contribution in [3.63, 3.8) is 0 Å². The van der Waals surface area contributed by atoms with Crippen LogP contribution in [-0.2, 0) is 6.42 Å². The molecule has 1 unspecified atom stereocenters. The van der Waals surface area contributed by atoms with Crippen LogP contribution in [0.25, 0.3) is 0 Å². The van der Waals surface area contributed by atoms with Crippen molar-refractivity contribution in [3.8, 4) is 0 Å². The number of aromatic nitrogens is 1. The molecule has 88 valence electrons. The van der Waals surface area contributed by atoms with E-state index in [1.54, 1.807) is 6.20 Å². The lowest BCUT2D eigenvalue weighted by Crippen LogP contribution is -2.15. The molecule has 2 heterocycles. The quantitative estimate of drug-likeness (QED) is 0.819. The first kappa shape index (κ1) is 11.1. The largest absolute Gasteiger partial charge is 0.376 e. The van der Waals surface area contributed by atoms with E-state index < -0.39 is 0 Å². The smallest absolute Gasteiger partial charge is 0.152 e. The number of anilines is 1. The van der Waals surface area contributed by atoms with E-state index in [2.05, 4.69) is 21.7 Å². The third-order valence-corrected chi connectivity index (χ3v) is 4.44. The molecule has 0 aromatic carbocycles. The van der Waals surface area contributed by atoms with Crippen molar-refractivity contribution in [3.05, 3.63) is 45.4 Å². The van der Waals surface area contributed by atoms with Crippen LogP contribution in [0.15, 0.2) is 29.8 Å². The summed E-state index contributed by atoms with van der Waals surface area (Å²) >= 11 is 7.93. The molecule has 2 aromatic rings. The van der Waals surface area contributed by atoms with Gasteiger partial charge in [0.2, 0.25) is 0 Å². The van der Waals surface area contributed by atoms with Crippen LogP contribution in [0.1, 0.15) is 29.3 Å². The molecule has 1 aliphatic carbocycles. The van der Waals surface area contributed by atoms with Gasteiger partial charge in [0.05, 0.1) is 11.7 Å². The molecule has 0 saturated carbocycles. The molecule has 3 rings (SSSR count). The molecule has 1 atom stereocenters. The van der Waals surface area contributed by atoms with E-state index in [0.29, 0.717) is 11.2 Å². The molecular formula is C13H13ClN2S. The van der Waals surface area contributed by atoms with Gasteiger partial charge in [0.1, 0.15) is 0 Å². The fraction of sp³-hybridized carbons (Fsp3) is 0.308. The monoisotopic (exact) mass is 264 g/mol. The third-order valence-electron chi connectivity index (χ3n) is 3.14. The number of pyridine rings is 1. The molecule has 0 fully saturated rings. The summed E-state index contributed by atoms with van der Waals surface area (Å²) in [6, 6.07) is 6.49. The second-order valence-corrected chi connectivity index (χ2v) is 5.59. The Morgan fingerprint density at radius 1 is 1.41 bits per heavy atom. The van der Waals surface area contributed by atoms with Crippen molar-refractivity contribution >= 4 is 28.6 Å². The number of fused-ring (bicyclic) bond motifs is 1. The molecule has 0 bridgehead atoms. The van der Waals surface area contributed by atoms with Crippen molar-refractivity contribution in [2.75, 3.05) is 5.32 Å². The summed E-state index contributed by atoms with van der Waals surface area (Å²) in [6.45, 7) is 0. The van der Waals surface area contributed by atoms with Crippen LogP contribution >= 0.6 is 22.9 Å². The minimum Gasteiger partial charge on any atom is -0.376 e. The Morgan fingerprint density at radius 3 is 3.24 bits per heavy atom. The van der Waals surface area contributed by atoms with Crippen LogP contribution in [0.3, 0.4) is 0 Å². The molecule has 1 N–H and O–H groups in total. The van der Waals surface area contributed by atoms with E-state index >= 15 is 0 Å². The third kappa shape index (κ3) is 2.17. The summed E-state index contributed by atoms with van der Waals surface area (Å²) in [5.41, 5.74) is 2.36. The fourth-order valence-electron chi connectivity index (χ4n) is 2.32. The molecule has 2 nitrogen and oxygen atoms in total. The van der Waals surface area contributed by atoms with Gasteiger partial charge in [-0.25, -0.2) is 4.98 Å². The van der Waals surface area contributed by atoms with Gasteiger partial charge in [-0.1, -0.05) is 11.6 Å². The summed E-state index contributed by atoms with van der Waals surface area (Å²) in [4.78, 5) is 5.60. The van der Waals surface area contributed by atoms with Gasteiger partial charge in [-0.05, 0) is 48.4 Å². The number of thiophene rings is 1. The molecular weight excluding hydrogens is 252 g/mol. The Hall–Kier alpha value is -1.06. The second kappa shape index (κ2) is 4.67. The normalized spacial score (nSPS) is 18.8. The predicted octanol–water partition coefficient (Wildman–Crippen LogP) is 4.29. The van der Waals surface area contributed by atoms with Gasteiger partial charge in [-0.3, -0.25) is 0 Å². The highest BCUT2D eigenvalue weighted by molar-refractivity contribution is 7.10. The molecule has 4 heteroatoms. The van der Waals surface area contributed by atoms with Crippen LogP contribution in [0.5, 0.6) is 0 Å².